The maximum absolute atomic E-state index is 12.3. The van der Waals surface area contributed by atoms with Crippen LogP contribution in [-0.4, -0.2) is 52.8 Å². The molecule has 1 saturated heterocycles. The Morgan fingerprint density at radius 1 is 1.32 bits per heavy atom. The van der Waals surface area contributed by atoms with Crippen LogP contribution in [0.4, 0.5) is 0 Å². The third-order valence-electron chi connectivity index (χ3n) is 6.85. The first kappa shape index (κ1) is 24.2. The van der Waals surface area contributed by atoms with Gasteiger partial charge in [-0.05, 0) is 73.4 Å². The van der Waals surface area contributed by atoms with E-state index in [0.29, 0.717) is 51.1 Å². The largest absolute Gasteiger partial charge is 0.497 e. The number of carboxylic acids is 1. The number of carboxylic acid groups (broad SMARTS) is 1. The Morgan fingerprint density at radius 3 is 2.79 bits per heavy atom. The van der Waals surface area contributed by atoms with E-state index in [1.54, 1.807) is 24.6 Å². The van der Waals surface area contributed by atoms with Gasteiger partial charge in [0.25, 0.3) is 0 Å². The molecule has 34 heavy (non-hydrogen) atoms. The second-order valence-electron chi connectivity index (χ2n) is 8.93. The number of thiophene rings is 1. The minimum atomic E-state index is -0.826. The predicted molar refractivity (Wildman–Crippen MR) is 134 cm³/mol. The first-order chi connectivity index (χ1) is 16.4. The molecule has 1 aromatic carbocycles. The Morgan fingerprint density at radius 2 is 2.12 bits per heavy atom. The summed E-state index contributed by atoms with van der Waals surface area (Å²) in [6.45, 7) is 3.94. The summed E-state index contributed by atoms with van der Waals surface area (Å²) in [7, 11) is 1.61. The summed E-state index contributed by atoms with van der Waals surface area (Å²) in [6.07, 6.45) is 2.89. The number of likely N-dealkylation sites (tertiary alicyclic amines) is 1. The van der Waals surface area contributed by atoms with Crippen molar-refractivity contribution in [3.8, 4) is 17.6 Å². The molecule has 1 atom stereocenters. The lowest BCUT2D eigenvalue weighted by Gasteiger charge is -2.38. The Kier molecular flexibility index (Phi) is 7.52. The molecule has 0 saturated carbocycles. The molecule has 0 radical (unpaired) electrons. The molecule has 3 aromatic rings. The smallest absolute Gasteiger partial charge is 0.309 e. The second kappa shape index (κ2) is 10.6. The van der Waals surface area contributed by atoms with E-state index in [9.17, 15) is 15.0 Å². The molecule has 7 heteroatoms. The molecule has 1 fully saturated rings. The minimum absolute atomic E-state index is 0.377. The zero-order valence-corrected chi connectivity index (χ0v) is 20.4. The Bertz CT molecular complexity index is 1200. The van der Waals surface area contributed by atoms with Gasteiger partial charge in [0.15, 0.2) is 0 Å². The minimum Gasteiger partial charge on any atom is -0.497 e. The fraction of sp³-hybridized carbons (Fsp3) is 0.407. The van der Waals surface area contributed by atoms with Gasteiger partial charge in [-0.25, -0.2) is 0 Å². The fourth-order valence-corrected chi connectivity index (χ4v) is 5.31. The van der Waals surface area contributed by atoms with Crippen molar-refractivity contribution in [3.05, 3.63) is 57.9 Å². The standard InChI is InChI=1S/C27H30N2O4S/c1-19-18-28-23-8-7-20(33-2)17-22(23)25(19)24(30)9-10-27(26(31)32)11-14-29(15-12-27)13-3-5-21-6-4-16-34-21/h4,6-8,16-18,24,30H,9-15H2,1-2H3,(H,31,32). The molecule has 4 rings (SSSR count). The summed E-state index contributed by atoms with van der Waals surface area (Å²) in [5, 5.41) is 24.1. The first-order valence-electron chi connectivity index (χ1n) is 11.5. The normalized spacial score (nSPS) is 16.6. The van der Waals surface area contributed by atoms with Crippen molar-refractivity contribution in [2.45, 2.75) is 38.7 Å². The SMILES string of the molecule is COc1ccc2ncc(C)c(C(O)CCC3(C(=O)O)CCN(CC#Cc4cccs4)CC3)c2c1. The van der Waals surface area contributed by atoms with Crippen molar-refractivity contribution in [1.82, 2.24) is 9.88 Å². The van der Waals surface area contributed by atoms with Crippen LogP contribution >= 0.6 is 11.3 Å². The van der Waals surface area contributed by atoms with Crippen LogP contribution in [0, 0.1) is 24.2 Å². The monoisotopic (exact) mass is 478 g/mol. The number of methoxy groups -OCH3 is 1. The highest BCUT2D eigenvalue weighted by Crippen LogP contribution is 2.40. The van der Waals surface area contributed by atoms with Crippen LogP contribution < -0.4 is 4.74 Å². The van der Waals surface area contributed by atoms with E-state index in [2.05, 4.69) is 21.7 Å². The lowest BCUT2D eigenvalue weighted by Crippen LogP contribution is -2.44. The summed E-state index contributed by atoms with van der Waals surface area (Å²) in [6, 6.07) is 9.59. The topological polar surface area (TPSA) is 82.9 Å². The second-order valence-corrected chi connectivity index (χ2v) is 9.88. The van der Waals surface area contributed by atoms with Gasteiger partial charge in [0.1, 0.15) is 5.75 Å². The molecule has 3 heterocycles. The molecular formula is C27H30N2O4S. The number of rotatable bonds is 7. The maximum atomic E-state index is 12.3. The number of piperidine rings is 1. The van der Waals surface area contributed by atoms with Crippen molar-refractivity contribution in [3.63, 3.8) is 0 Å². The number of hydrogen-bond donors (Lipinski definition) is 2. The summed E-state index contributed by atoms with van der Waals surface area (Å²) in [5.41, 5.74) is 1.64. The molecule has 1 aliphatic heterocycles. The van der Waals surface area contributed by atoms with Gasteiger partial charge < -0.3 is 14.9 Å². The van der Waals surface area contributed by atoms with Gasteiger partial charge in [0.05, 0.1) is 35.6 Å². The molecule has 2 N–H and O–H groups in total. The van der Waals surface area contributed by atoms with E-state index < -0.39 is 17.5 Å². The molecule has 1 aliphatic rings. The number of aliphatic hydroxyl groups is 1. The molecule has 0 spiro atoms. The number of fused-ring (bicyclic) bond motifs is 1. The number of benzene rings is 1. The number of carbonyl (C=O) groups is 1. The molecular weight excluding hydrogens is 448 g/mol. The Balaban J connectivity index is 1.43. The van der Waals surface area contributed by atoms with Gasteiger partial charge >= 0.3 is 5.97 Å². The maximum Gasteiger partial charge on any atom is 0.309 e. The van der Waals surface area contributed by atoms with Gasteiger partial charge in [-0.3, -0.25) is 14.7 Å². The lowest BCUT2D eigenvalue weighted by atomic mass is 9.74. The third-order valence-corrected chi connectivity index (χ3v) is 7.63. The third kappa shape index (κ3) is 5.25. The van der Waals surface area contributed by atoms with Crippen LogP contribution in [0.5, 0.6) is 5.75 Å². The highest BCUT2D eigenvalue weighted by molar-refractivity contribution is 7.10. The summed E-state index contributed by atoms with van der Waals surface area (Å²) >= 11 is 1.62. The highest BCUT2D eigenvalue weighted by Gasteiger charge is 2.41. The average Bonchev–Trinajstić information content (AvgIpc) is 3.36. The van der Waals surface area contributed by atoms with E-state index in [1.807, 2.05) is 42.6 Å². The highest BCUT2D eigenvalue weighted by atomic mass is 32.1. The predicted octanol–water partition coefficient (Wildman–Crippen LogP) is 4.65. The van der Waals surface area contributed by atoms with E-state index in [1.165, 1.54) is 0 Å². The van der Waals surface area contributed by atoms with E-state index in [0.717, 1.165) is 26.9 Å². The van der Waals surface area contributed by atoms with E-state index >= 15 is 0 Å². The van der Waals surface area contributed by atoms with Crippen molar-refractivity contribution >= 4 is 28.2 Å². The number of ether oxygens (including phenoxy) is 1. The van der Waals surface area contributed by atoms with Gasteiger partial charge in [0, 0.05) is 24.7 Å². The molecule has 2 aromatic heterocycles. The first-order valence-corrected chi connectivity index (χ1v) is 12.4. The van der Waals surface area contributed by atoms with Crippen molar-refractivity contribution in [2.24, 2.45) is 5.41 Å². The summed E-state index contributed by atoms with van der Waals surface area (Å²) < 4.78 is 5.36. The fourth-order valence-electron chi connectivity index (χ4n) is 4.72. The average molecular weight is 479 g/mol. The zero-order valence-electron chi connectivity index (χ0n) is 19.6. The van der Waals surface area contributed by atoms with Crippen molar-refractivity contribution in [2.75, 3.05) is 26.7 Å². The number of aliphatic hydroxyl groups excluding tert-OH is 1. The Labute approximate surface area is 204 Å². The molecule has 0 aliphatic carbocycles. The van der Waals surface area contributed by atoms with Crippen molar-refractivity contribution < 1.29 is 19.7 Å². The molecule has 1 unspecified atom stereocenters. The number of aromatic nitrogens is 1. The van der Waals surface area contributed by atoms with Crippen LogP contribution in [0.3, 0.4) is 0 Å². The van der Waals surface area contributed by atoms with Gasteiger partial charge in [-0.15, -0.1) is 11.3 Å². The van der Waals surface area contributed by atoms with E-state index in [4.69, 9.17) is 4.74 Å². The molecule has 0 bridgehead atoms. The quantitative estimate of drug-likeness (QED) is 0.481. The van der Waals surface area contributed by atoms with Crippen LogP contribution in [0.1, 0.15) is 47.8 Å². The van der Waals surface area contributed by atoms with Crippen LogP contribution in [0.25, 0.3) is 10.9 Å². The summed E-state index contributed by atoms with van der Waals surface area (Å²) in [5.74, 6) is 6.29. The van der Waals surface area contributed by atoms with Crippen LogP contribution in [0.15, 0.2) is 41.9 Å². The number of pyridine rings is 1. The van der Waals surface area contributed by atoms with E-state index in [-0.39, 0.29) is 0 Å². The van der Waals surface area contributed by atoms with Gasteiger partial charge in [-0.2, -0.15) is 0 Å². The lowest BCUT2D eigenvalue weighted by molar-refractivity contribution is -0.153. The molecule has 0 amide bonds. The van der Waals surface area contributed by atoms with Crippen LogP contribution in [0.2, 0.25) is 0 Å². The van der Waals surface area contributed by atoms with Gasteiger partial charge in [0.2, 0.25) is 0 Å². The number of nitrogens with zero attached hydrogens (tertiary/aromatic N) is 2. The molecule has 178 valence electrons. The van der Waals surface area contributed by atoms with Crippen molar-refractivity contribution in [1.29, 1.82) is 0 Å². The van der Waals surface area contributed by atoms with Crippen LogP contribution in [-0.2, 0) is 4.79 Å². The number of aliphatic carboxylic acids is 1. The molecule has 6 nitrogen and oxygen atoms in total. The zero-order chi connectivity index (χ0) is 24.1. The Hall–Kier alpha value is -2.92. The number of hydrogen-bond acceptors (Lipinski definition) is 6. The summed E-state index contributed by atoms with van der Waals surface area (Å²) in [4.78, 5) is 20.0. The van der Waals surface area contributed by atoms with Gasteiger partial charge in [-0.1, -0.05) is 17.9 Å². The number of aryl methyl sites for hydroxylation is 1.